The maximum absolute atomic E-state index is 12.6. The first-order chi connectivity index (χ1) is 11.1. The molecule has 2 heterocycles. The Labute approximate surface area is 135 Å². The van der Waals surface area contributed by atoms with Crippen LogP contribution in [0.15, 0.2) is 51.4 Å². The van der Waals surface area contributed by atoms with Gasteiger partial charge in [0.05, 0.1) is 5.52 Å². The van der Waals surface area contributed by atoms with Crippen molar-refractivity contribution >= 4 is 27.5 Å². The molecular formula is C16H15N3O3S. The molecule has 0 aliphatic carbocycles. The quantitative estimate of drug-likeness (QED) is 0.756. The van der Waals surface area contributed by atoms with Gasteiger partial charge in [0, 0.05) is 6.54 Å². The van der Waals surface area contributed by atoms with E-state index < -0.39 is 11.6 Å². The van der Waals surface area contributed by atoms with Gasteiger partial charge in [-0.3, -0.25) is 18.7 Å². The summed E-state index contributed by atoms with van der Waals surface area (Å²) in [6.07, 6.45) is 0.559. The monoisotopic (exact) mass is 329 g/mol. The number of benzene rings is 1. The zero-order valence-electron chi connectivity index (χ0n) is 12.3. The zero-order valence-corrected chi connectivity index (χ0v) is 13.1. The molecule has 0 aliphatic rings. The molecule has 6 nitrogen and oxygen atoms in total. The number of aromatic nitrogens is 2. The highest BCUT2D eigenvalue weighted by Gasteiger charge is 2.15. The Morgan fingerprint density at radius 2 is 1.83 bits per heavy atom. The molecule has 3 rings (SSSR count). The number of fused-ring (bicyclic) bond motifs is 1. The third kappa shape index (κ3) is 2.95. The van der Waals surface area contributed by atoms with Crippen LogP contribution in [0.25, 0.3) is 10.2 Å². The second-order valence-electron chi connectivity index (χ2n) is 5.16. The van der Waals surface area contributed by atoms with Crippen molar-refractivity contribution in [2.45, 2.75) is 19.5 Å². The smallest absolute Gasteiger partial charge is 0.332 e. The van der Waals surface area contributed by atoms with Gasteiger partial charge in [0.25, 0.3) is 5.56 Å². The van der Waals surface area contributed by atoms with Gasteiger partial charge in [-0.25, -0.2) is 4.79 Å². The highest BCUT2D eigenvalue weighted by molar-refractivity contribution is 7.17. The summed E-state index contributed by atoms with van der Waals surface area (Å²) in [5.41, 5.74) is 5.89. The molecule has 2 aromatic heterocycles. The Kier molecular flexibility index (Phi) is 4.12. The van der Waals surface area contributed by atoms with Crippen LogP contribution >= 0.6 is 11.3 Å². The molecule has 0 fully saturated rings. The lowest BCUT2D eigenvalue weighted by Crippen LogP contribution is -2.41. The fourth-order valence-corrected chi connectivity index (χ4v) is 3.37. The van der Waals surface area contributed by atoms with E-state index in [4.69, 9.17) is 5.73 Å². The fraction of sp³-hybridized carbons (Fsp3) is 0.188. The number of primary amides is 1. The van der Waals surface area contributed by atoms with Crippen molar-refractivity contribution in [3.63, 3.8) is 0 Å². The molecule has 0 spiro atoms. The number of hydrogen-bond acceptors (Lipinski definition) is 4. The Bertz CT molecular complexity index is 970. The van der Waals surface area contributed by atoms with E-state index >= 15 is 0 Å². The number of carbonyl (C=O) groups excluding carboxylic acids is 1. The maximum atomic E-state index is 12.6. The van der Waals surface area contributed by atoms with E-state index in [9.17, 15) is 14.4 Å². The molecule has 118 valence electrons. The van der Waals surface area contributed by atoms with E-state index in [-0.39, 0.29) is 18.6 Å². The van der Waals surface area contributed by atoms with Crippen molar-refractivity contribution in [1.29, 1.82) is 0 Å². The van der Waals surface area contributed by atoms with Gasteiger partial charge in [0.15, 0.2) is 0 Å². The Morgan fingerprint density at radius 3 is 2.52 bits per heavy atom. The highest BCUT2D eigenvalue weighted by Crippen LogP contribution is 2.15. The summed E-state index contributed by atoms with van der Waals surface area (Å²) in [4.78, 5) is 36.3. The van der Waals surface area contributed by atoms with Crippen molar-refractivity contribution in [3.05, 3.63) is 68.2 Å². The van der Waals surface area contributed by atoms with Gasteiger partial charge in [-0.15, -0.1) is 11.3 Å². The summed E-state index contributed by atoms with van der Waals surface area (Å²) >= 11 is 1.25. The topological polar surface area (TPSA) is 87.1 Å². The zero-order chi connectivity index (χ0) is 16.4. The second kappa shape index (κ2) is 6.21. The first kappa shape index (κ1) is 15.2. The molecule has 2 N–H and O–H groups in total. The SMILES string of the molecule is NC(=O)Cn1c(=O)n(CCc2ccccc2)c(=O)c2sccc21. The molecule has 0 saturated carbocycles. The summed E-state index contributed by atoms with van der Waals surface area (Å²) in [5, 5.41) is 1.73. The standard InChI is InChI=1S/C16H15N3O3S/c17-13(20)10-19-12-7-9-23-14(12)15(21)18(16(19)22)8-6-11-4-2-1-3-5-11/h1-5,7,9H,6,8,10H2,(H2,17,20). The average molecular weight is 329 g/mol. The third-order valence-corrected chi connectivity index (χ3v) is 4.51. The number of rotatable bonds is 5. The lowest BCUT2D eigenvalue weighted by molar-refractivity contribution is -0.118. The number of amides is 1. The Balaban J connectivity index is 2.07. The molecule has 1 aromatic carbocycles. The molecule has 3 aromatic rings. The van der Waals surface area contributed by atoms with Crippen molar-refractivity contribution in [3.8, 4) is 0 Å². The van der Waals surface area contributed by atoms with Gasteiger partial charge in [0.2, 0.25) is 5.91 Å². The summed E-state index contributed by atoms with van der Waals surface area (Å²) in [5.74, 6) is -0.618. The van der Waals surface area contributed by atoms with Gasteiger partial charge in [0.1, 0.15) is 11.2 Å². The molecule has 0 saturated heterocycles. The fourth-order valence-electron chi connectivity index (χ4n) is 2.52. The van der Waals surface area contributed by atoms with Crippen LogP contribution in [0.5, 0.6) is 0 Å². The molecule has 0 atom stereocenters. The number of nitrogens with zero attached hydrogens (tertiary/aromatic N) is 2. The van der Waals surface area contributed by atoms with E-state index in [2.05, 4.69) is 0 Å². The van der Waals surface area contributed by atoms with Crippen molar-refractivity contribution in [1.82, 2.24) is 9.13 Å². The van der Waals surface area contributed by atoms with Gasteiger partial charge >= 0.3 is 5.69 Å². The Morgan fingerprint density at radius 1 is 1.09 bits per heavy atom. The van der Waals surface area contributed by atoms with Crippen LogP contribution in [-0.2, 0) is 24.3 Å². The molecule has 0 radical (unpaired) electrons. The number of carbonyl (C=O) groups is 1. The summed E-state index contributed by atoms with van der Waals surface area (Å²) in [6.45, 7) is 0.0198. The summed E-state index contributed by atoms with van der Waals surface area (Å²) in [6, 6.07) is 11.3. The van der Waals surface area contributed by atoms with Gasteiger partial charge < -0.3 is 5.73 Å². The van der Waals surface area contributed by atoms with Crippen LogP contribution in [0.2, 0.25) is 0 Å². The third-order valence-electron chi connectivity index (χ3n) is 3.62. The van der Waals surface area contributed by atoms with Gasteiger partial charge in [-0.2, -0.15) is 0 Å². The number of nitrogens with two attached hydrogens (primary N) is 1. The average Bonchev–Trinajstić information content (AvgIpc) is 3.02. The van der Waals surface area contributed by atoms with E-state index in [1.807, 2.05) is 30.3 Å². The first-order valence-electron chi connectivity index (χ1n) is 7.11. The predicted molar refractivity (Wildman–Crippen MR) is 89.7 cm³/mol. The highest BCUT2D eigenvalue weighted by atomic mass is 32.1. The summed E-state index contributed by atoms with van der Waals surface area (Å²) < 4.78 is 2.90. The lowest BCUT2D eigenvalue weighted by Gasteiger charge is -2.10. The van der Waals surface area contributed by atoms with E-state index in [0.29, 0.717) is 16.6 Å². The van der Waals surface area contributed by atoms with E-state index in [1.54, 1.807) is 11.4 Å². The molecular weight excluding hydrogens is 314 g/mol. The van der Waals surface area contributed by atoms with Crippen LogP contribution in [0.1, 0.15) is 5.56 Å². The van der Waals surface area contributed by atoms with Crippen molar-refractivity contribution < 1.29 is 4.79 Å². The van der Waals surface area contributed by atoms with Crippen LogP contribution in [0.3, 0.4) is 0 Å². The van der Waals surface area contributed by atoms with Crippen LogP contribution < -0.4 is 17.0 Å². The normalized spacial score (nSPS) is 11.0. The Hall–Kier alpha value is -2.67. The van der Waals surface area contributed by atoms with Crippen LogP contribution in [-0.4, -0.2) is 15.0 Å². The predicted octanol–water partition coefficient (Wildman–Crippen LogP) is 0.953. The molecule has 0 bridgehead atoms. The van der Waals surface area contributed by atoms with Crippen LogP contribution in [0, 0.1) is 0 Å². The van der Waals surface area contributed by atoms with Gasteiger partial charge in [-0.05, 0) is 23.4 Å². The first-order valence-corrected chi connectivity index (χ1v) is 7.99. The largest absolute Gasteiger partial charge is 0.368 e. The summed E-state index contributed by atoms with van der Waals surface area (Å²) in [7, 11) is 0. The maximum Gasteiger partial charge on any atom is 0.332 e. The molecule has 0 aliphatic heterocycles. The molecule has 1 amide bonds. The minimum atomic E-state index is -0.618. The second-order valence-corrected chi connectivity index (χ2v) is 6.08. The lowest BCUT2D eigenvalue weighted by atomic mass is 10.1. The number of hydrogen-bond donors (Lipinski definition) is 1. The molecule has 7 heteroatoms. The van der Waals surface area contributed by atoms with Crippen molar-refractivity contribution in [2.75, 3.05) is 0 Å². The minimum Gasteiger partial charge on any atom is -0.368 e. The number of thiophene rings is 1. The number of aryl methyl sites for hydroxylation is 1. The van der Waals surface area contributed by atoms with E-state index in [0.717, 1.165) is 5.56 Å². The van der Waals surface area contributed by atoms with E-state index in [1.165, 1.54) is 20.5 Å². The van der Waals surface area contributed by atoms with Crippen LogP contribution in [0.4, 0.5) is 0 Å². The van der Waals surface area contributed by atoms with Crippen molar-refractivity contribution in [2.24, 2.45) is 5.73 Å². The molecule has 0 unspecified atom stereocenters. The molecule has 23 heavy (non-hydrogen) atoms. The van der Waals surface area contributed by atoms with Gasteiger partial charge in [-0.1, -0.05) is 30.3 Å². The minimum absolute atomic E-state index is 0.238.